The lowest BCUT2D eigenvalue weighted by Gasteiger charge is -2.27. The van der Waals surface area contributed by atoms with E-state index in [2.05, 4.69) is 12.2 Å². The first-order valence-electron chi connectivity index (χ1n) is 6.87. The third-order valence-corrected chi connectivity index (χ3v) is 5.42. The van der Waals surface area contributed by atoms with Crippen LogP contribution in [0.5, 0.6) is 0 Å². The molecule has 106 valence electrons. The SMILES string of the molecule is CCSC1CCCC1NC(=O)C1(N)CCCC1.Cl. The minimum Gasteiger partial charge on any atom is -0.351 e. The van der Waals surface area contributed by atoms with Crippen LogP contribution < -0.4 is 11.1 Å². The number of rotatable bonds is 4. The van der Waals surface area contributed by atoms with Crippen LogP contribution in [0.3, 0.4) is 0 Å². The number of carbonyl (C=O) groups is 1. The summed E-state index contributed by atoms with van der Waals surface area (Å²) in [6, 6.07) is 0.355. The minimum atomic E-state index is -0.565. The zero-order chi connectivity index (χ0) is 12.3. The second-order valence-corrected chi connectivity index (χ2v) is 6.88. The second-order valence-electron chi connectivity index (χ2n) is 5.37. The molecule has 0 saturated heterocycles. The molecule has 2 rings (SSSR count). The fraction of sp³-hybridized carbons (Fsp3) is 0.923. The highest BCUT2D eigenvalue weighted by atomic mass is 35.5. The molecule has 0 bridgehead atoms. The Morgan fingerprint density at radius 2 is 2.00 bits per heavy atom. The van der Waals surface area contributed by atoms with Crippen molar-refractivity contribution in [3.63, 3.8) is 0 Å². The molecule has 0 aromatic heterocycles. The van der Waals surface area contributed by atoms with Gasteiger partial charge in [-0.1, -0.05) is 26.2 Å². The average molecular weight is 293 g/mol. The fourth-order valence-electron chi connectivity index (χ4n) is 3.05. The maximum absolute atomic E-state index is 12.2. The van der Waals surface area contributed by atoms with Gasteiger partial charge in [0.25, 0.3) is 0 Å². The molecule has 2 atom stereocenters. The zero-order valence-electron chi connectivity index (χ0n) is 11.1. The summed E-state index contributed by atoms with van der Waals surface area (Å²) >= 11 is 1.97. The number of amides is 1. The van der Waals surface area contributed by atoms with Crippen molar-refractivity contribution in [1.29, 1.82) is 0 Å². The van der Waals surface area contributed by atoms with Crippen molar-refractivity contribution in [2.75, 3.05) is 5.75 Å². The molecule has 0 radical (unpaired) electrons. The molecule has 2 aliphatic carbocycles. The maximum Gasteiger partial charge on any atom is 0.240 e. The van der Waals surface area contributed by atoms with E-state index in [0.717, 1.165) is 37.9 Å². The number of halogens is 1. The standard InChI is InChI=1S/C13H24N2OS.ClH/c1-2-17-11-7-5-6-10(11)15-12(16)13(14)8-3-4-9-13;/h10-11H,2-9,14H2,1H3,(H,15,16);1H. The quantitative estimate of drug-likeness (QED) is 0.837. The van der Waals surface area contributed by atoms with Gasteiger partial charge in [0.1, 0.15) is 0 Å². The van der Waals surface area contributed by atoms with Crippen LogP contribution in [0.4, 0.5) is 0 Å². The molecule has 2 fully saturated rings. The van der Waals surface area contributed by atoms with Crippen LogP contribution in [0.1, 0.15) is 51.9 Å². The van der Waals surface area contributed by atoms with Crippen LogP contribution in [0.25, 0.3) is 0 Å². The van der Waals surface area contributed by atoms with Gasteiger partial charge in [0.15, 0.2) is 0 Å². The molecule has 0 aromatic rings. The third-order valence-electron chi connectivity index (χ3n) is 4.10. The first-order valence-corrected chi connectivity index (χ1v) is 7.92. The van der Waals surface area contributed by atoms with Crippen molar-refractivity contribution in [2.24, 2.45) is 5.73 Å². The molecule has 18 heavy (non-hydrogen) atoms. The van der Waals surface area contributed by atoms with Crippen LogP contribution >= 0.6 is 24.2 Å². The topological polar surface area (TPSA) is 55.1 Å². The second kappa shape index (κ2) is 7.01. The molecule has 0 aliphatic heterocycles. The molecule has 0 spiro atoms. The van der Waals surface area contributed by atoms with Gasteiger partial charge in [0, 0.05) is 11.3 Å². The van der Waals surface area contributed by atoms with Gasteiger partial charge in [0.2, 0.25) is 5.91 Å². The number of hydrogen-bond acceptors (Lipinski definition) is 3. The van der Waals surface area contributed by atoms with Gasteiger partial charge in [-0.2, -0.15) is 11.8 Å². The molecule has 0 heterocycles. The van der Waals surface area contributed by atoms with Crippen LogP contribution in [0.2, 0.25) is 0 Å². The van der Waals surface area contributed by atoms with Gasteiger partial charge < -0.3 is 11.1 Å². The molecule has 3 N–H and O–H groups in total. The van der Waals surface area contributed by atoms with Crippen LogP contribution in [-0.4, -0.2) is 28.5 Å². The van der Waals surface area contributed by atoms with Crippen molar-refractivity contribution in [1.82, 2.24) is 5.32 Å². The van der Waals surface area contributed by atoms with Crippen LogP contribution in [0.15, 0.2) is 0 Å². The van der Waals surface area contributed by atoms with E-state index in [-0.39, 0.29) is 18.3 Å². The summed E-state index contributed by atoms with van der Waals surface area (Å²) < 4.78 is 0. The van der Waals surface area contributed by atoms with E-state index in [0.29, 0.717) is 11.3 Å². The molecule has 5 heteroatoms. The smallest absolute Gasteiger partial charge is 0.240 e. The fourth-order valence-corrected chi connectivity index (χ4v) is 4.25. The van der Waals surface area contributed by atoms with Crippen LogP contribution in [-0.2, 0) is 4.79 Å². The summed E-state index contributed by atoms with van der Waals surface area (Å²) in [7, 11) is 0. The summed E-state index contributed by atoms with van der Waals surface area (Å²) in [5.41, 5.74) is 5.62. The van der Waals surface area contributed by atoms with Gasteiger partial charge in [-0.25, -0.2) is 0 Å². The number of thioether (sulfide) groups is 1. The summed E-state index contributed by atoms with van der Waals surface area (Å²) in [5, 5.41) is 3.82. The highest BCUT2D eigenvalue weighted by Crippen LogP contribution is 2.32. The predicted octanol–water partition coefficient (Wildman–Crippen LogP) is 2.47. The Morgan fingerprint density at radius 3 is 2.61 bits per heavy atom. The van der Waals surface area contributed by atoms with Crippen molar-refractivity contribution in [2.45, 2.75) is 68.7 Å². The van der Waals surface area contributed by atoms with E-state index in [1.54, 1.807) is 0 Å². The van der Waals surface area contributed by atoms with E-state index in [1.165, 1.54) is 12.8 Å². The predicted molar refractivity (Wildman–Crippen MR) is 80.3 cm³/mol. The van der Waals surface area contributed by atoms with Crippen molar-refractivity contribution in [3.8, 4) is 0 Å². The molecule has 0 aromatic carbocycles. The lowest BCUT2D eigenvalue weighted by Crippen LogP contribution is -2.55. The molecule has 2 aliphatic rings. The molecular weight excluding hydrogens is 268 g/mol. The van der Waals surface area contributed by atoms with E-state index in [1.807, 2.05) is 11.8 Å². The Hall–Kier alpha value is 0.0700. The van der Waals surface area contributed by atoms with E-state index in [9.17, 15) is 4.79 Å². The van der Waals surface area contributed by atoms with Crippen LogP contribution in [0, 0.1) is 0 Å². The summed E-state index contributed by atoms with van der Waals surface area (Å²) in [6.07, 6.45) is 7.51. The zero-order valence-corrected chi connectivity index (χ0v) is 12.7. The van der Waals surface area contributed by atoms with Crippen molar-refractivity contribution >= 4 is 30.1 Å². The minimum absolute atomic E-state index is 0. The first-order chi connectivity index (χ1) is 8.15. The summed E-state index contributed by atoms with van der Waals surface area (Å²) in [6.45, 7) is 2.18. The average Bonchev–Trinajstić information content (AvgIpc) is 2.90. The Kier molecular flexibility index (Phi) is 6.28. The Bertz CT molecular complexity index is 282. The molecule has 2 saturated carbocycles. The van der Waals surface area contributed by atoms with Gasteiger partial charge in [-0.3, -0.25) is 4.79 Å². The van der Waals surface area contributed by atoms with Gasteiger partial charge in [0.05, 0.1) is 5.54 Å². The number of carbonyl (C=O) groups excluding carboxylic acids is 1. The number of hydrogen-bond donors (Lipinski definition) is 2. The lowest BCUT2D eigenvalue weighted by molar-refractivity contribution is -0.126. The van der Waals surface area contributed by atoms with Gasteiger partial charge in [-0.05, 0) is 31.4 Å². The normalized spacial score (nSPS) is 29.9. The summed E-state index contributed by atoms with van der Waals surface area (Å²) in [4.78, 5) is 12.2. The maximum atomic E-state index is 12.2. The van der Waals surface area contributed by atoms with Crippen molar-refractivity contribution < 1.29 is 4.79 Å². The van der Waals surface area contributed by atoms with Crippen molar-refractivity contribution in [3.05, 3.63) is 0 Å². The highest BCUT2D eigenvalue weighted by molar-refractivity contribution is 7.99. The highest BCUT2D eigenvalue weighted by Gasteiger charge is 2.39. The Morgan fingerprint density at radius 1 is 1.33 bits per heavy atom. The summed E-state index contributed by atoms with van der Waals surface area (Å²) in [5.74, 6) is 1.23. The number of nitrogens with one attached hydrogen (secondary N) is 1. The lowest BCUT2D eigenvalue weighted by atomic mass is 9.97. The van der Waals surface area contributed by atoms with E-state index >= 15 is 0 Å². The molecule has 1 amide bonds. The van der Waals surface area contributed by atoms with Gasteiger partial charge >= 0.3 is 0 Å². The largest absolute Gasteiger partial charge is 0.351 e. The number of nitrogens with two attached hydrogens (primary N) is 1. The molecular formula is C13H25ClN2OS. The van der Waals surface area contributed by atoms with E-state index in [4.69, 9.17) is 5.73 Å². The Balaban J connectivity index is 0.00000162. The van der Waals surface area contributed by atoms with Gasteiger partial charge in [-0.15, -0.1) is 12.4 Å². The van der Waals surface area contributed by atoms with E-state index < -0.39 is 5.54 Å². The third kappa shape index (κ3) is 3.55. The first kappa shape index (κ1) is 16.1. The molecule has 3 nitrogen and oxygen atoms in total. The Labute approximate surface area is 120 Å². The monoisotopic (exact) mass is 292 g/mol. The molecule has 2 unspecified atom stereocenters.